The minimum atomic E-state index is -0.810. The van der Waals surface area contributed by atoms with Crippen molar-refractivity contribution in [1.29, 1.82) is 0 Å². The lowest BCUT2D eigenvalue weighted by atomic mass is 9.81. The van der Waals surface area contributed by atoms with Crippen molar-refractivity contribution in [3.63, 3.8) is 0 Å². The maximum Gasteiger partial charge on any atom is 0.426 e. The number of aliphatic imine (C=N–C) groups is 1. The summed E-state index contributed by atoms with van der Waals surface area (Å²) in [6.45, 7) is 10.5. The highest BCUT2D eigenvalue weighted by atomic mass is 35.5. The van der Waals surface area contributed by atoms with Crippen LogP contribution in [0.2, 0.25) is 5.02 Å². The van der Waals surface area contributed by atoms with Crippen LogP contribution >= 0.6 is 23.4 Å². The van der Waals surface area contributed by atoms with Gasteiger partial charge < -0.3 is 15.2 Å². The lowest BCUT2D eigenvalue weighted by Crippen LogP contribution is -2.48. The molecule has 1 aromatic rings. The quantitative estimate of drug-likeness (QED) is 0.480. The topological polar surface area (TPSA) is 94.2 Å². The number of nitrogens with zero attached hydrogens (tertiary/aromatic N) is 2. The molecule has 1 aromatic carbocycles. The Morgan fingerprint density at radius 1 is 1.12 bits per heavy atom. The molecule has 1 aliphatic carbocycles. The zero-order chi connectivity index (χ0) is 23.9. The monoisotopic (exact) mass is 481 g/mol. The molecule has 2 aliphatic rings. The van der Waals surface area contributed by atoms with Crippen molar-refractivity contribution in [3.05, 3.63) is 28.8 Å². The number of halogens is 1. The molecule has 176 valence electrons. The Morgan fingerprint density at radius 2 is 1.72 bits per heavy atom. The molecular formula is C23H32ClN3O4S. The van der Waals surface area contributed by atoms with Crippen LogP contribution in [0.3, 0.4) is 0 Å². The predicted octanol–water partition coefficient (Wildman–Crippen LogP) is 6.19. The lowest BCUT2D eigenvalue weighted by molar-refractivity contribution is 0.0150. The number of carbonyl (C=O) groups excluding carboxylic acids is 2. The van der Waals surface area contributed by atoms with Crippen LogP contribution in [-0.2, 0) is 15.0 Å². The first-order chi connectivity index (χ1) is 14.7. The number of nitrogens with two attached hydrogens (primary N) is 1. The minimum absolute atomic E-state index is 0.244. The minimum Gasteiger partial charge on any atom is -0.443 e. The van der Waals surface area contributed by atoms with Crippen LogP contribution in [0.5, 0.6) is 0 Å². The second-order valence-corrected chi connectivity index (χ2v) is 11.7. The van der Waals surface area contributed by atoms with Crippen LogP contribution < -0.4 is 5.73 Å². The SMILES string of the molecule is CC(C)(C)OC(=O)N(C(=O)OC(C)(C)C)C1=N[C@@]2(c3cc(N)cc(Cl)c3)CCCC2CS1. The van der Waals surface area contributed by atoms with Gasteiger partial charge in [-0.25, -0.2) is 14.6 Å². The number of thioether (sulfide) groups is 1. The van der Waals surface area contributed by atoms with Gasteiger partial charge in [0.1, 0.15) is 11.2 Å². The summed E-state index contributed by atoms with van der Waals surface area (Å²) in [5, 5.41) is 0.802. The van der Waals surface area contributed by atoms with Gasteiger partial charge >= 0.3 is 12.2 Å². The van der Waals surface area contributed by atoms with Crippen LogP contribution in [-0.4, -0.2) is 39.2 Å². The number of hydrogen-bond donors (Lipinski definition) is 1. The first kappa shape index (κ1) is 24.7. The van der Waals surface area contributed by atoms with E-state index in [1.54, 1.807) is 47.6 Å². The Hall–Kier alpha value is -1.93. The van der Waals surface area contributed by atoms with Gasteiger partial charge in [-0.2, -0.15) is 4.90 Å². The maximum atomic E-state index is 13.1. The molecule has 1 unspecified atom stereocenters. The number of amidine groups is 1. The summed E-state index contributed by atoms with van der Waals surface area (Å²) < 4.78 is 11.1. The molecule has 0 radical (unpaired) electrons. The number of nitrogen functional groups attached to an aromatic ring is 1. The number of benzene rings is 1. The molecule has 1 fully saturated rings. The fourth-order valence-electron chi connectivity index (χ4n) is 4.07. The number of amides is 2. The van der Waals surface area contributed by atoms with Gasteiger partial charge in [-0.15, -0.1) is 0 Å². The fourth-order valence-corrected chi connectivity index (χ4v) is 5.62. The molecule has 2 amide bonds. The third-order valence-corrected chi connectivity index (χ3v) is 6.58. The molecule has 1 saturated carbocycles. The average Bonchev–Trinajstić information content (AvgIpc) is 3.02. The Balaban J connectivity index is 2.09. The highest BCUT2D eigenvalue weighted by molar-refractivity contribution is 8.13. The highest BCUT2D eigenvalue weighted by Crippen LogP contribution is 2.52. The van der Waals surface area contributed by atoms with E-state index in [1.807, 2.05) is 12.1 Å². The molecule has 9 heteroatoms. The molecule has 7 nitrogen and oxygen atoms in total. The number of carbonyl (C=O) groups is 2. The van der Waals surface area contributed by atoms with Crippen LogP contribution in [0.1, 0.15) is 66.4 Å². The van der Waals surface area contributed by atoms with Crippen molar-refractivity contribution in [1.82, 2.24) is 4.90 Å². The van der Waals surface area contributed by atoms with E-state index in [0.29, 0.717) is 16.5 Å². The normalized spacial score (nSPS) is 23.2. The van der Waals surface area contributed by atoms with Crippen LogP contribution in [0.25, 0.3) is 0 Å². The van der Waals surface area contributed by atoms with Gasteiger partial charge in [0.25, 0.3) is 0 Å². The van der Waals surface area contributed by atoms with E-state index < -0.39 is 28.9 Å². The van der Waals surface area contributed by atoms with Crippen molar-refractivity contribution in [2.75, 3.05) is 11.5 Å². The maximum absolute atomic E-state index is 13.1. The van der Waals surface area contributed by atoms with E-state index in [2.05, 4.69) is 0 Å². The zero-order valence-electron chi connectivity index (χ0n) is 19.5. The van der Waals surface area contributed by atoms with Crippen molar-refractivity contribution < 1.29 is 19.1 Å². The predicted molar refractivity (Wildman–Crippen MR) is 129 cm³/mol. The Morgan fingerprint density at radius 3 is 2.25 bits per heavy atom. The Labute approximate surface area is 199 Å². The molecule has 0 aromatic heterocycles. The number of rotatable bonds is 1. The fraction of sp³-hybridized carbons (Fsp3) is 0.609. The van der Waals surface area contributed by atoms with Gasteiger partial charge in [0.05, 0.1) is 5.54 Å². The molecule has 1 aliphatic heterocycles. The molecular weight excluding hydrogens is 450 g/mol. The Bertz CT molecular complexity index is 890. The van der Waals surface area contributed by atoms with Gasteiger partial charge in [-0.05, 0) is 84.1 Å². The lowest BCUT2D eigenvalue weighted by Gasteiger charge is -2.39. The highest BCUT2D eigenvalue weighted by Gasteiger charge is 2.49. The van der Waals surface area contributed by atoms with Gasteiger partial charge in [0, 0.05) is 16.5 Å². The molecule has 1 heterocycles. The van der Waals surface area contributed by atoms with E-state index in [1.165, 1.54) is 11.8 Å². The summed E-state index contributed by atoms with van der Waals surface area (Å²) in [4.78, 5) is 32.1. The first-order valence-electron chi connectivity index (χ1n) is 10.8. The van der Waals surface area contributed by atoms with E-state index >= 15 is 0 Å². The van der Waals surface area contributed by atoms with Crippen molar-refractivity contribution in [2.24, 2.45) is 10.9 Å². The van der Waals surface area contributed by atoms with Gasteiger partial charge in [-0.1, -0.05) is 29.8 Å². The molecule has 3 rings (SSSR count). The molecule has 0 saturated heterocycles. The van der Waals surface area contributed by atoms with E-state index in [0.717, 1.165) is 29.7 Å². The van der Waals surface area contributed by atoms with Gasteiger partial charge in [0.15, 0.2) is 5.17 Å². The molecule has 2 N–H and O–H groups in total. The van der Waals surface area contributed by atoms with Gasteiger partial charge in [-0.3, -0.25) is 0 Å². The standard InChI is InChI=1S/C23H32ClN3O4S/c1-21(2,3)30-19(28)27(20(29)31-22(4,5)6)18-26-23(9-7-8-14(23)13-32-18)15-10-16(24)12-17(25)11-15/h10-12,14H,7-9,13,25H2,1-6H3/t14?,23-/m0/s1. The van der Waals surface area contributed by atoms with Crippen molar-refractivity contribution in [3.8, 4) is 0 Å². The number of ether oxygens (including phenoxy) is 2. The number of anilines is 1. The zero-order valence-corrected chi connectivity index (χ0v) is 21.1. The van der Waals surface area contributed by atoms with E-state index in [-0.39, 0.29) is 11.1 Å². The second kappa shape index (κ2) is 8.78. The van der Waals surface area contributed by atoms with E-state index in [4.69, 9.17) is 31.8 Å². The van der Waals surface area contributed by atoms with E-state index in [9.17, 15) is 9.59 Å². The Kier molecular flexibility index (Phi) is 6.78. The summed E-state index contributed by atoms with van der Waals surface area (Å²) in [5.41, 5.74) is 5.35. The third-order valence-electron chi connectivity index (χ3n) is 5.26. The summed E-state index contributed by atoms with van der Waals surface area (Å²) in [7, 11) is 0. The third kappa shape index (κ3) is 5.52. The largest absolute Gasteiger partial charge is 0.443 e. The van der Waals surface area contributed by atoms with Crippen molar-refractivity contribution >= 4 is 46.4 Å². The first-order valence-corrected chi connectivity index (χ1v) is 12.1. The number of hydrogen-bond acceptors (Lipinski definition) is 7. The van der Waals surface area contributed by atoms with Gasteiger partial charge in [0.2, 0.25) is 0 Å². The summed E-state index contributed by atoms with van der Waals surface area (Å²) >= 11 is 7.68. The average molecular weight is 482 g/mol. The molecule has 0 bridgehead atoms. The van der Waals surface area contributed by atoms with Crippen LogP contribution in [0, 0.1) is 5.92 Å². The van der Waals surface area contributed by atoms with Crippen molar-refractivity contribution in [2.45, 2.75) is 77.5 Å². The summed E-state index contributed by atoms with van der Waals surface area (Å²) in [5.74, 6) is 0.945. The second-order valence-electron chi connectivity index (χ2n) is 10.3. The number of imide groups is 1. The smallest absolute Gasteiger partial charge is 0.426 e. The van der Waals surface area contributed by atoms with Crippen LogP contribution in [0.4, 0.5) is 15.3 Å². The van der Waals surface area contributed by atoms with Crippen LogP contribution in [0.15, 0.2) is 23.2 Å². The molecule has 32 heavy (non-hydrogen) atoms. The summed E-state index contributed by atoms with van der Waals surface area (Å²) in [6.07, 6.45) is 1.13. The molecule has 0 spiro atoms. The number of fused-ring (bicyclic) bond motifs is 1. The summed E-state index contributed by atoms with van der Waals surface area (Å²) in [6, 6.07) is 5.45. The molecule has 2 atom stereocenters.